The van der Waals surface area contributed by atoms with Gasteiger partial charge in [-0.2, -0.15) is 0 Å². The number of hydrogen-bond acceptors (Lipinski definition) is 2. The van der Waals surface area contributed by atoms with Crippen molar-refractivity contribution < 1.29 is 9.50 Å². The van der Waals surface area contributed by atoms with Crippen molar-refractivity contribution in [3.8, 4) is 0 Å². The lowest BCUT2D eigenvalue weighted by Crippen LogP contribution is -2.21. The van der Waals surface area contributed by atoms with Crippen molar-refractivity contribution in [2.45, 2.75) is 52.4 Å². The van der Waals surface area contributed by atoms with Crippen LogP contribution in [0.2, 0.25) is 0 Å². The van der Waals surface area contributed by atoms with Gasteiger partial charge in [0.2, 0.25) is 0 Å². The molecule has 0 heterocycles. The van der Waals surface area contributed by atoms with Gasteiger partial charge in [-0.25, -0.2) is 4.39 Å². The average molecular weight is 287 g/mol. The van der Waals surface area contributed by atoms with Crippen LogP contribution in [0.15, 0.2) is 25.1 Å². The summed E-state index contributed by atoms with van der Waals surface area (Å²) in [7, 11) is 1.89. The Bertz CT molecular complexity index is 207. The first-order valence-corrected chi connectivity index (χ1v) is 7.83. The summed E-state index contributed by atoms with van der Waals surface area (Å²) in [6, 6.07) is 0. The summed E-state index contributed by atoms with van der Waals surface area (Å²) < 4.78 is 10.8. The third kappa shape index (κ3) is 13.8. The fourth-order valence-corrected chi connectivity index (χ4v) is 2.30. The molecule has 1 fully saturated rings. The Morgan fingerprint density at radius 2 is 1.85 bits per heavy atom. The van der Waals surface area contributed by atoms with E-state index < -0.39 is 0 Å². The van der Waals surface area contributed by atoms with Crippen molar-refractivity contribution in [1.82, 2.24) is 5.32 Å². The van der Waals surface area contributed by atoms with Crippen LogP contribution in [-0.2, 0) is 0 Å². The van der Waals surface area contributed by atoms with E-state index in [4.69, 9.17) is 5.11 Å². The highest BCUT2D eigenvalue weighted by Gasteiger charge is 2.22. The second-order valence-electron chi connectivity index (χ2n) is 5.01. The zero-order chi connectivity index (χ0) is 15.6. The van der Waals surface area contributed by atoms with E-state index in [2.05, 4.69) is 18.8 Å². The summed E-state index contributed by atoms with van der Waals surface area (Å²) in [6.45, 7) is 8.93. The van der Waals surface area contributed by atoms with E-state index in [0.717, 1.165) is 18.9 Å². The fourth-order valence-electron chi connectivity index (χ4n) is 2.30. The Kier molecular flexibility index (Phi) is 19.8. The molecule has 1 aliphatic carbocycles. The zero-order valence-corrected chi connectivity index (χ0v) is 13.6. The molecule has 0 aliphatic heterocycles. The van der Waals surface area contributed by atoms with E-state index in [1.54, 1.807) is 0 Å². The van der Waals surface area contributed by atoms with E-state index in [9.17, 15) is 4.39 Å². The molecule has 1 saturated carbocycles. The van der Waals surface area contributed by atoms with Crippen LogP contribution in [0.1, 0.15) is 52.4 Å². The van der Waals surface area contributed by atoms with Crippen LogP contribution in [0.25, 0.3) is 0 Å². The van der Waals surface area contributed by atoms with E-state index in [1.165, 1.54) is 38.2 Å². The fraction of sp³-hybridized carbons (Fsp3) is 0.765. The molecule has 120 valence electrons. The van der Waals surface area contributed by atoms with Gasteiger partial charge in [-0.1, -0.05) is 51.7 Å². The zero-order valence-electron chi connectivity index (χ0n) is 13.6. The third-order valence-corrected chi connectivity index (χ3v) is 3.50. The second-order valence-corrected chi connectivity index (χ2v) is 5.01. The van der Waals surface area contributed by atoms with Crippen LogP contribution in [0.4, 0.5) is 4.39 Å². The lowest BCUT2D eigenvalue weighted by molar-refractivity contribution is 0.132. The summed E-state index contributed by atoms with van der Waals surface area (Å²) in [4.78, 5) is 0. The standard InChI is InChI=1S/C9H18O.C4H7F.C4H9N/c1-2-8-5-3-4-6-9(8)7-10;1-2-3-4-5;1-3-4-5-2/h8-10H,2-7H2,1H3;3-4H,2H2,1H3;3,5H,1,4H2,2H3/b;4-3+;. The first-order chi connectivity index (χ1) is 9.71. The smallest absolute Gasteiger partial charge is 0.0826 e. The number of halogens is 1. The van der Waals surface area contributed by atoms with Crippen LogP contribution in [-0.4, -0.2) is 25.3 Å². The van der Waals surface area contributed by atoms with Crippen LogP contribution in [0, 0.1) is 11.8 Å². The molecule has 0 bridgehead atoms. The average Bonchev–Trinajstić information content (AvgIpc) is 2.50. The molecule has 2 N–H and O–H groups in total. The van der Waals surface area contributed by atoms with Crippen LogP contribution < -0.4 is 5.32 Å². The number of hydrogen-bond donors (Lipinski definition) is 2. The normalized spacial score (nSPS) is 21.4. The Morgan fingerprint density at radius 3 is 2.05 bits per heavy atom. The lowest BCUT2D eigenvalue weighted by atomic mass is 9.78. The van der Waals surface area contributed by atoms with E-state index in [1.807, 2.05) is 20.0 Å². The SMILES string of the molecule is C=CCNC.CC/C=C/F.CCC1CCCCC1CO. The van der Waals surface area contributed by atoms with Gasteiger partial charge >= 0.3 is 0 Å². The van der Waals surface area contributed by atoms with Crippen LogP contribution in [0.5, 0.6) is 0 Å². The Labute approximate surface area is 125 Å². The number of rotatable bonds is 5. The van der Waals surface area contributed by atoms with Gasteiger partial charge in [-0.15, -0.1) is 6.58 Å². The first kappa shape index (κ1) is 21.6. The molecule has 3 heteroatoms. The van der Waals surface area contributed by atoms with Gasteiger partial charge in [0.1, 0.15) is 0 Å². The highest BCUT2D eigenvalue weighted by molar-refractivity contribution is 4.73. The minimum Gasteiger partial charge on any atom is -0.396 e. The largest absolute Gasteiger partial charge is 0.396 e. The van der Waals surface area contributed by atoms with E-state index in [0.29, 0.717) is 18.9 Å². The Morgan fingerprint density at radius 1 is 1.25 bits per heavy atom. The molecule has 0 amide bonds. The quantitative estimate of drug-likeness (QED) is 0.731. The molecule has 0 radical (unpaired) electrons. The van der Waals surface area contributed by atoms with Crippen molar-refractivity contribution in [3.63, 3.8) is 0 Å². The highest BCUT2D eigenvalue weighted by Crippen LogP contribution is 2.31. The van der Waals surface area contributed by atoms with Gasteiger partial charge < -0.3 is 10.4 Å². The monoisotopic (exact) mass is 287 g/mol. The van der Waals surface area contributed by atoms with Gasteiger partial charge in [-0.3, -0.25) is 0 Å². The molecule has 0 aromatic heterocycles. The molecule has 20 heavy (non-hydrogen) atoms. The van der Waals surface area contributed by atoms with Crippen LogP contribution in [0.3, 0.4) is 0 Å². The summed E-state index contributed by atoms with van der Waals surface area (Å²) in [5.74, 6) is 1.44. The number of likely N-dealkylation sites (N-methyl/N-ethyl adjacent to an activating group) is 1. The molecule has 0 spiro atoms. The van der Waals surface area contributed by atoms with Crippen molar-refractivity contribution in [3.05, 3.63) is 25.1 Å². The summed E-state index contributed by atoms with van der Waals surface area (Å²) >= 11 is 0. The molecule has 1 aliphatic rings. The molecule has 2 unspecified atom stereocenters. The number of aliphatic hydroxyl groups excluding tert-OH is 1. The molecule has 2 nitrogen and oxygen atoms in total. The van der Waals surface area contributed by atoms with Crippen molar-refractivity contribution >= 4 is 0 Å². The van der Waals surface area contributed by atoms with Gasteiger partial charge in [0.15, 0.2) is 0 Å². The lowest BCUT2D eigenvalue weighted by Gasteiger charge is -2.28. The second kappa shape index (κ2) is 18.3. The summed E-state index contributed by atoms with van der Waals surface area (Å²) in [5, 5.41) is 11.9. The van der Waals surface area contributed by atoms with Crippen molar-refractivity contribution in [2.24, 2.45) is 11.8 Å². The van der Waals surface area contributed by atoms with Gasteiger partial charge in [-0.05, 0) is 31.7 Å². The molecule has 0 aromatic rings. The molecule has 2 atom stereocenters. The Hall–Kier alpha value is -0.670. The minimum absolute atomic E-state index is 0.415. The molecular weight excluding hydrogens is 253 g/mol. The number of aliphatic hydroxyl groups is 1. The van der Waals surface area contributed by atoms with Gasteiger partial charge in [0.05, 0.1) is 6.33 Å². The predicted molar refractivity (Wildman–Crippen MR) is 87.5 cm³/mol. The topological polar surface area (TPSA) is 32.3 Å². The first-order valence-electron chi connectivity index (χ1n) is 7.83. The van der Waals surface area contributed by atoms with Gasteiger partial charge in [0.25, 0.3) is 0 Å². The molecule has 0 saturated heterocycles. The minimum atomic E-state index is 0.415. The molecule has 0 aromatic carbocycles. The summed E-state index contributed by atoms with van der Waals surface area (Å²) in [5.41, 5.74) is 0. The maximum Gasteiger partial charge on any atom is 0.0826 e. The third-order valence-electron chi connectivity index (χ3n) is 3.50. The number of allylic oxidation sites excluding steroid dienone is 1. The highest BCUT2D eigenvalue weighted by atomic mass is 19.1. The maximum atomic E-state index is 10.8. The van der Waals surface area contributed by atoms with Gasteiger partial charge in [0, 0.05) is 13.2 Å². The summed E-state index contributed by atoms with van der Waals surface area (Å²) in [6.07, 6.45) is 11.2. The van der Waals surface area contributed by atoms with Crippen molar-refractivity contribution in [1.29, 1.82) is 0 Å². The van der Waals surface area contributed by atoms with E-state index in [-0.39, 0.29) is 0 Å². The number of nitrogens with one attached hydrogen (secondary N) is 1. The maximum absolute atomic E-state index is 10.8. The molecular formula is C17H34FNO. The van der Waals surface area contributed by atoms with Crippen molar-refractivity contribution in [2.75, 3.05) is 20.2 Å². The van der Waals surface area contributed by atoms with Crippen LogP contribution >= 0.6 is 0 Å². The molecule has 1 rings (SSSR count). The Balaban J connectivity index is 0. The predicted octanol–water partition coefficient (Wildman–Crippen LogP) is 4.47. The van der Waals surface area contributed by atoms with E-state index >= 15 is 0 Å².